The molecule has 8 nitrogen and oxygen atoms in total. The first-order chi connectivity index (χ1) is 14.2. The molecule has 8 heteroatoms. The molecule has 0 bridgehead atoms. The Bertz CT molecular complexity index is 1100. The van der Waals surface area contributed by atoms with Crippen LogP contribution in [-0.4, -0.2) is 27.6 Å². The Labute approximate surface area is 174 Å². The average Bonchev–Trinajstić information content (AvgIpc) is 3.41. The van der Waals surface area contributed by atoms with Crippen LogP contribution >= 0.6 is 0 Å². The number of nitrogens with zero attached hydrogens (tertiary/aromatic N) is 1. The average molecular weight is 408 g/mol. The van der Waals surface area contributed by atoms with Crippen LogP contribution in [-0.2, 0) is 9.53 Å². The van der Waals surface area contributed by atoms with Gasteiger partial charge in [-0.15, -0.1) is 0 Å². The van der Waals surface area contributed by atoms with E-state index in [0.717, 1.165) is 23.9 Å². The van der Waals surface area contributed by atoms with Crippen molar-refractivity contribution in [3.8, 4) is 11.5 Å². The van der Waals surface area contributed by atoms with E-state index in [1.54, 1.807) is 51.1 Å². The molecule has 30 heavy (non-hydrogen) atoms. The summed E-state index contributed by atoms with van der Waals surface area (Å²) in [5.41, 5.74) is 1.47. The molecule has 1 aromatic heterocycles. The van der Waals surface area contributed by atoms with E-state index in [-0.39, 0.29) is 11.8 Å². The van der Waals surface area contributed by atoms with Crippen molar-refractivity contribution in [2.45, 2.75) is 39.2 Å². The highest BCUT2D eigenvalue weighted by Crippen LogP contribution is 2.31. The summed E-state index contributed by atoms with van der Waals surface area (Å²) in [5, 5.41) is 5.50. The maximum atomic E-state index is 12.0. The topological polar surface area (TPSA) is 105 Å². The standard InChI is InChI=1S/C22H24N4O4/c1-22(2,3)30-21(28)23-14-5-4-6-15(11-14)29-16-9-10-17-18(12-16)25-20(24-17)26-19(27)13-7-8-13/h4-6,9-13H,7-8H2,1-3H3,(H,23,28)(H2,24,25,26,27). The van der Waals surface area contributed by atoms with Crippen molar-refractivity contribution >= 4 is 34.7 Å². The fourth-order valence-corrected chi connectivity index (χ4v) is 2.87. The zero-order chi connectivity index (χ0) is 21.3. The van der Waals surface area contributed by atoms with Crippen LogP contribution < -0.4 is 15.4 Å². The molecule has 0 saturated heterocycles. The van der Waals surface area contributed by atoms with E-state index < -0.39 is 11.7 Å². The number of anilines is 2. The third-order valence-corrected chi connectivity index (χ3v) is 4.36. The van der Waals surface area contributed by atoms with Gasteiger partial charge in [-0.1, -0.05) is 6.07 Å². The van der Waals surface area contributed by atoms with E-state index in [1.807, 2.05) is 12.1 Å². The molecule has 2 aromatic carbocycles. The van der Waals surface area contributed by atoms with E-state index >= 15 is 0 Å². The molecule has 156 valence electrons. The number of carbonyl (C=O) groups is 2. The molecular formula is C22H24N4O4. The van der Waals surface area contributed by atoms with Crippen LogP contribution in [0.3, 0.4) is 0 Å². The van der Waals surface area contributed by atoms with Crippen molar-refractivity contribution in [1.29, 1.82) is 0 Å². The summed E-state index contributed by atoms with van der Waals surface area (Å²) in [7, 11) is 0. The van der Waals surface area contributed by atoms with Crippen LogP contribution in [0, 0.1) is 5.92 Å². The summed E-state index contributed by atoms with van der Waals surface area (Å²) < 4.78 is 11.2. The lowest BCUT2D eigenvalue weighted by Crippen LogP contribution is -2.27. The largest absolute Gasteiger partial charge is 0.457 e. The maximum absolute atomic E-state index is 12.0. The van der Waals surface area contributed by atoms with Crippen LogP contribution in [0.5, 0.6) is 11.5 Å². The lowest BCUT2D eigenvalue weighted by molar-refractivity contribution is -0.117. The Morgan fingerprint density at radius 1 is 1.07 bits per heavy atom. The number of hydrogen-bond acceptors (Lipinski definition) is 5. The van der Waals surface area contributed by atoms with Gasteiger partial charge in [0.15, 0.2) is 0 Å². The highest BCUT2D eigenvalue weighted by Gasteiger charge is 2.30. The molecule has 0 unspecified atom stereocenters. The van der Waals surface area contributed by atoms with Crippen molar-refractivity contribution in [3.63, 3.8) is 0 Å². The van der Waals surface area contributed by atoms with Crippen molar-refractivity contribution in [3.05, 3.63) is 42.5 Å². The molecule has 2 amide bonds. The third kappa shape index (κ3) is 5.08. The summed E-state index contributed by atoms with van der Waals surface area (Å²) in [6, 6.07) is 12.5. The minimum atomic E-state index is -0.575. The molecule has 1 aliphatic rings. The quantitative estimate of drug-likeness (QED) is 0.548. The van der Waals surface area contributed by atoms with Gasteiger partial charge >= 0.3 is 6.09 Å². The van der Waals surface area contributed by atoms with Gasteiger partial charge in [0.1, 0.15) is 17.1 Å². The molecule has 0 spiro atoms. The van der Waals surface area contributed by atoms with Gasteiger partial charge in [0.2, 0.25) is 11.9 Å². The van der Waals surface area contributed by atoms with Gasteiger partial charge in [0.05, 0.1) is 11.0 Å². The first kappa shape index (κ1) is 19.8. The summed E-state index contributed by atoms with van der Waals surface area (Å²) in [4.78, 5) is 31.3. The Hall–Kier alpha value is -3.55. The van der Waals surface area contributed by atoms with Crippen LogP contribution in [0.1, 0.15) is 33.6 Å². The van der Waals surface area contributed by atoms with Crippen molar-refractivity contribution in [2.75, 3.05) is 10.6 Å². The Morgan fingerprint density at radius 3 is 2.57 bits per heavy atom. The van der Waals surface area contributed by atoms with Gasteiger partial charge in [0.25, 0.3) is 0 Å². The molecule has 4 rings (SSSR count). The number of aromatic amines is 1. The van der Waals surface area contributed by atoms with Gasteiger partial charge < -0.3 is 14.5 Å². The summed E-state index contributed by atoms with van der Waals surface area (Å²) in [5.74, 6) is 1.70. The van der Waals surface area contributed by atoms with Crippen LogP contribution in [0.4, 0.5) is 16.4 Å². The number of hydrogen-bond donors (Lipinski definition) is 3. The molecule has 3 N–H and O–H groups in total. The predicted octanol–water partition coefficient (Wildman–Crippen LogP) is 5.05. The molecule has 1 fully saturated rings. The van der Waals surface area contributed by atoms with Gasteiger partial charge in [-0.05, 0) is 57.9 Å². The Balaban J connectivity index is 1.44. The predicted molar refractivity (Wildman–Crippen MR) is 114 cm³/mol. The van der Waals surface area contributed by atoms with Crippen LogP contribution in [0.15, 0.2) is 42.5 Å². The number of fused-ring (bicyclic) bond motifs is 1. The van der Waals surface area contributed by atoms with Crippen molar-refractivity contribution in [1.82, 2.24) is 9.97 Å². The highest BCUT2D eigenvalue weighted by molar-refractivity contribution is 5.94. The van der Waals surface area contributed by atoms with Crippen LogP contribution in [0.25, 0.3) is 11.0 Å². The minimum absolute atomic E-state index is 0.000156. The van der Waals surface area contributed by atoms with E-state index in [4.69, 9.17) is 9.47 Å². The van der Waals surface area contributed by atoms with Crippen LogP contribution in [0.2, 0.25) is 0 Å². The molecule has 0 radical (unpaired) electrons. The number of H-pyrrole nitrogens is 1. The summed E-state index contributed by atoms with van der Waals surface area (Å²) in [6.45, 7) is 5.42. The van der Waals surface area contributed by atoms with Gasteiger partial charge in [-0.3, -0.25) is 15.4 Å². The highest BCUT2D eigenvalue weighted by atomic mass is 16.6. The van der Waals surface area contributed by atoms with Gasteiger partial charge in [0, 0.05) is 23.7 Å². The summed E-state index contributed by atoms with van der Waals surface area (Å²) in [6.07, 6.45) is 1.34. The maximum Gasteiger partial charge on any atom is 0.412 e. The van der Waals surface area contributed by atoms with Gasteiger partial charge in [-0.25, -0.2) is 9.78 Å². The second-order valence-corrected chi connectivity index (χ2v) is 8.28. The monoisotopic (exact) mass is 408 g/mol. The number of rotatable bonds is 5. The zero-order valence-electron chi connectivity index (χ0n) is 17.1. The van der Waals surface area contributed by atoms with E-state index in [1.165, 1.54) is 0 Å². The smallest absolute Gasteiger partial charge is 0.412 e. The number of benzene rings is 2. The minimum Gasteiger partial charge on any atom is -0.457 e. The molecule has 3 aromatic rings. The first-order valence-electron chi connectivity index (χ1n) is 9.84. The number of nitrogens with one attached hydrogen (secondary N) is 3. The number of imidazole rings is 1. The Kier molecular flexibility index (Phi) is 5.07. The van der Waals surface area contributed by atoms with E-state index in [9.17, 15) is 9.59 Å². The fraction of sp³-hybridized carbons (Fsp3) is 0.318. The van der Waals surface area contributed by atoms with E-state index in [2.05, 4.69) is 20.6 Å². The lowest BCUT2D eigenvalue weighted by Gasteiger charge is -2.19. The second kappa shape index (κ2) is 7.70. The van der Waals surface area contributed by atoms with Gasteiger partial charge in [-0.2, -0.15) is 0 Å². The molecule has 1 heterocycles. The summed E-state index contributed by atoms with van der Waals surface area (Å²) >= 11 is 0. The first-order valence-corrected chi connectivity index (χ1v) is 9.84. The normalized spacial score (nSPS) is 13.7. The number of amides is 2. The van der Waals surface area contributed by atoms with Crippen molar-refractivity contribution in [2.24, 2.45) is 5.92 Å². The van der Waals surface area contributed by atoms with Crippen molar-refractivity contribution < 1.29 is 19.1 Å². The number of carbonyl (C=O) groups excluding carboxylic acids is 2. The second-order valence-electron chi connectivity index (χ2n) is 8.28. The Morgan fingerprint density at radius 2 is 1.83 bits per heavy atom. The molecule has 1 aliphatic carbocycles. The molecule has 1 saturated carbocycles. The number of aromatic nitrogens is 2. The molecule has 0 aliphatic heterocycles. The molecular weight excluding hydrogens is 384 g/mol. The zero-order valence-corrected chi connectivity index (χ0v) is 17.1. The third-order valence-electron chi connectivity index (χ3n) is 4.36. The number of ether oxygens (including phenoxy) is 2. The SMILES string of the molecule is CC(C)(C)OC(=O)Nc1cccc(Oc2ccc3nc(NC(=O)C4CC4)[nH]c3c2)c1. The fourth-order valence-electron chi connectivity index (χ4n) is 2.87. The van der Waals surface area contributed by atoms with E-state index in [0.29, 0.717) is 23.1 Å². The molecule has 0 atom stereocenters. The lowest BCUT2D eigenvalue weighted by atomic mass is 10.2.